The van der Waals surface area contributed by atoms with Gasteiger partial charge in [0.05, 0.1) is 27.8 Å². The zero-order valence-corrected chi connectivity index (χ0v) is 14.2. The number of aliphatic hydroxyl groups excluding tert-OH is 1. The summed E-state index contributed by atoms with van der Waals surface area (Å²) in [6.07, 6.45) is 0. The first kappa shape index (κ1) is 16.3. The largest absolute Gasteiger partial charge is 0.396 e. The van der Waals surface area contributed by atoms with Crippen LogP contribution in [0.1, 0.15) is 4.88 Å². The fourth-order valence-electron chi connectivity index (χ4n) is 2.28. The molecular formula is C16H12ClNO3S2. The van der Waals surface area contributed by atoms with E-state index < -0.39 is 5.91 Å². The molecule has 1 aromatic carbocycles. The summed E-state index contributed by atoms with van der Waals surface area (Å²) in [6, 6.07) is 10.4. The highest BCUT2D eigenvalue weighted by Crippen LogP contribution is 2.41. The molecule has 2 aromatic rings. The van der Waals surface area contributed by atoms with E-state index in [1.54, 1.807) is 30.3 Å². The van der Waals surface area contributed by atoms with Gasteiger partial charge in [-0.25, -0.2) is 4.90 Å². The number of amides is 2. The van der Waals surface area contributed by atoms with Crippen molar-refractivity contribution in [1.29, 1.82) is 0 Å². The average molecular weight is 366 g/mol. The van der Waals surface area contributed by atoms with Crippen molar-refractivity contribution in [2.45, 2.75) is 0 Å². The van der Waals surface area contributed by atoms with Gasteiger partial charge in [0.1, 0.15) is 0 Å². The topological polar surface area (TPSA) is 57.6 Å². The Bertz CT molecular complexity index is 786. The lowest BCUT2D eigenvalue weighted by atomic mass is 10.2. The van der Waals surface area contributed by atoms with Gasteiger partial charge in [0.25, 0.3) is 11.8 Å². The third-order valence-corrected chi connectivity index (χ3v) is 5.50. The van der Waals surface area contributed by atoms with Crippen LogP contribution in [0.25, 0.3) is 5.57 Å². The van der Waals surface area contributed by atoms with Gasteiger partial charge in [-0.15, -0.1) is 23.1 Å². The molecule has 0 radical (unpaired) electrons. The van der Waals surface area contributed by atoms with Crippen LogP contribution in [0.2, 0.25) is 5.02 Å². The Morgan fingerprint density at radius 2 is 1.91 bits per heavy atom. The Morgan fingerprint density at radius 1 is 1.13 bits per heavy atom. The third-order valence-electron chi connectivity index (χ3n) is 3.24. The summed E-state index contributed by atoms with van der Waals surface area (Å²) in [5.74, 6) is -0.435. The molecule has 2 heterocycles. The number of para-hydroxylation sites is 1. The Morgan fingerprint density at radius 3 is 2.57 bits per heavy atom. The maximum Gasteiger partial charge on any atom is 0.272 e. The highest BCUT2D eigenvalue weighted by atomic mass is 35.5. The van der Waals surface area contributed by atoms with E-state index in [4.69, 9.17) is 16.7 Å². The Balaban J connectivity index is 2.07. The molecule has 0 unspecified atom stereocenters. The molecule has 2 amide bonds. The fourth-order valence-corrected chi connectivity index (χ4v) is 4.19. The second-order valence-corrected chi connectivity index (χ2v) is 7.11. The molecule has 1 aliphatic rings. The van der Waals surface area contributed by atoms with Crippen molar-refractivity contribution in [2.75, 3.05) is 17.3 Å². The summed E-state index contributed by atoms with van der Waals surface area (Å²) in [5.41, 5.74) is 0.751. The number of hydrogen-bond acceptors (Lipinski definition) is 5. The first-order chi connectivity index (χ1) is 11.1. The molecule has 3 rings (SSSR count). The van der Waals surface area contributed by atoms with Crippen LogP contribution < -0.4 is 4.90 Å². The van der Waals surface area contributed by atoms with Crippen molar-refractivity contribution in [3.63, 3.8) is 0 Å². The van der Waals surface area contributed by atoms with Crippen LogP contribution in [0.5, 0.6) is 0 Å². The standard InChI is InChI=1S/C16H12ClNO3S2/c17-10-4-1-2-5-11(10)18-15(20)13(12-6-3-8-22-12)14(16(18)21)23-9-7-19/h1-6,8,19H,7,9H2. The predicted octanol–water partition coefficient (Wildman–Crippen LogP) is 3.41. The number of hydrogen-bond donors (Lipinski definition) is 1. The second-order valence-electron chi connectivity index (χ2n) is 4.65. The summed E-state index contributed by atoms with van der Waals surface area (Å²) < 4.78 is 0. The van der Waals surface area contributed by atoms with Crippen molar-refractivity contribution >= 4 is 57.8 Å². The van der Waals surface area contributed by atoms with Gasteiger partial charge < -0.3 is 5.11 Å². The fraction of sp³-hybridized carbons (Fsp3) is 0.125. The van der Waals surface area contributed by atoms with Crippen LogP contribution in [0.15, 0.2) is 46.7 Å². The SMILES string of the molecule is O=C1C(SCCO)=C(c2cccs2)C(=O)N1c1ccccc1Cl. The van der Waals surface area contributed by atoms with E-state index in [1.807, 2.05) is 11.4 Å². The summed E-state index contributed by atoms with van der Waals surface area (Å²) in [4.78, 5) is 27.8. The van der Waals surface area contributed by atoms with E-state index in [0.717, 1.165) is 9.78 Å². The number of thiophene rings is 1. The summed E-state index contributed by atoms with van der Waals surface area (Å²) >= 11 is 8.74. The molecule has 1 aliphatic heterocycles. The van der Waals surface area contributed by atoms with Gasteiger partial charge >= 0.3 is 0 Å². The van der Waals surface area contributed by atoms with Crippen LogP contribution in [0, 0.1) is 0 Å². The molecule has 0 saturated carbocycles. The van der Waals surface area contributed by atoms with Gasteiger partial charge in [0.15, 0.2) is 0 Å². The van der Waals surface area contributed by atoms with Gasteiger partial charge in [-0.1, -0.05) is 29.8 Å². The van der Waals surface area contributed by atoms with E-state index in [0.29, 0.717) is 26.9 Å². The van der Waals surface area contributed by atoms with Crippen LogP contribution in [0.4, 0.5) is 5.69 Å². The predicted molar refractivity (Wildman–Crippen MR) is 94.7 cm³/mol. The normalized spacial score (nSPS) is 15.0. The quantitative estimate of drug-likeness (QED) is 0.825. The van der Waals surface area contributed by atoms with Crippen molar-refractivity contribution in [2.24, 2.45) is 0 Å². The van der Waals surface area contributed by atoms with Crippen molar-refractivity contribution in [1.82, 2.24) is 0 Å². The highest BCUT2D eigenvalue weighted by Gasteiger charge is 2.41. The number of aliphatic hydroxyl groups is 1. The van der Waals surface area contributed by atoms with E-state index in [1.165, 1.54) is 23.1 Å². The van der Waals surface area contributed by atoms with Crippen molar-refractivity contribution in [3.8, 4) is 0 Å². The maximum absolute atomic E-state index is 12.9. The number of benzene rings is 1. The molecule has 7 heteroatoms. The Kier molecular flexibility index (Phi) is 4.87. The molecule has 0 atom stereocenters. The molecular weight excluding hydrogens is 354 g/mol. The van der Waals surface area contributed by atoms with Crippen LogP contribution >= 0.6 is 34.7 Å². The summed E-state index contributed by atoms with van der Waals surface area (Å²) in [7, 11) is 0. The zero-order chi connectivity index (χ0) is 16.4. The van der Waals surface area contributed by atoms with Crippen LogP contribution in [0.3, 0.4) is 0 Å². The number of rotatable bonds is 5. The smallest absolute Gasteiger partial charge is 0.272 e. The van der Waals surface area contributed by atoms with Gasteiger partial charge in [0.2, 0.25) is 0 Å². The summed E-state index contributed by atoms with van der Waals surface area (Å²) in [6.45, 7) is -0.0700. The molecule has 1 aromatic heterocycles. The lowest BCUT2D eigenvalue weighted by Gasteiger charge is -2.16. The van der Waals surface area contributed by atoms with Crippen molar-refractivity contribution < 1.29 is 14.7 Å². The first-order valence-electron chi connectivity index (χ1n) is 6.80. The van der Waals surface area contributed by atoms with E-state index in [9.17, 15) is 9.59 Å². The molecule has 0 fully saturated rings. The van der Waals surface area contributed by atoms with Crippen molar-refractivity contribution in [3.05, 3.63) is 56.6 Å². The van der Waals surface area contributed by atoms with Crippen LogP contribution in [-0.4, -0.2) is 29.3 Å². The Labute approximate surface area is 146 Å². The van der Waals surface area contributed by atoms with Crippen LogP contribution in [-0.2, 0) is 9.59 Å². The molecule has 0 aliphatic carbocycles. The lowest BCUT2D eigenvalue weighted by Crippen LogP contribution is -2.31. The second kappa shape index (κ2) is 6.88. The minimum absolute atomic E-state index is 0.0700. The molecule has 0 spiro atoms. The lowest BCUT2D eigenvalue weighted by molar-refractivity contribution is -0.119. The van der Waals surface area contributed by atoms with Gasteiger partial charge in [-0.3, -0.25) is 9.59 Å². The van der Waals surface area contributed by atoms with E-state index >= 15 is 0 Å². The number of halogens is 1. The van der Waals surface area contributed by atoms with E-state index in [-0.39, 0.29) is 12.5 Å². The molecule has 1 N–H and O–H groups in total. The van der Waals surface area contributed by atoms with Gasteiger partial charge in [-0.2, -0.15) is 0 Å². The molecule has 4 nitrogen and oxygen atoms in total. The number of nitrogens with zero attached hydrogens (tertiary/aromatic N) is 1. The van der Waals surface area contributed by atoms with Gasteiger partial charge in [0, 0.05) is 10.6 Å². The summed E-state index contributed by atoms with van der Waals surface area (Å²) in [5, 5.41) is 11.2. The number of thioether (sulfide) groups is 1. The average Bonchev–Trinajstić information content (AvgIpc) is 3.13. The minimum atomic E-state index is -0.398. The molecule has 23 heavy (non-hydrogen) atoms. The first-order valence-corrected chi connectivity index (χ1v) is 9.04. The Hall–Kier alpha value is -1.60. The third kappa shape index (κ3) is 2.95. The number of imide groups is 1. The molecule has 0 saturated heterocycles. The molecule has 118 valence electrons. The monoisotopic (exact) mass is 365 g/mol. The maximum atomic E-state index is 12.9. The van der Waals surface area contributed by atoms with Gasteiger partial charge in [-0.05, 0) is 23.6 Å². The molecule has 0 bridgehead atoms. The number of anilines is 1. The minimum Gasteiger partial charge on any atom is -0.396 e. The number of carbonyl (C=O) groups is 2. The highest BCUT2D eigenvalue weighted by molar-refractivity contribution is 8.04. The van der Waals surface area contributed by atoms with E-state index in [2.05, 4.69) is 0 Å². The zero-order valence-electron chi connectivity index (χ0n) is 11.9. The number of carbonyl (C=O) groups excluding carboxylic acids is 2.